The van der Waals surface area contributed by atoms with E-state index >= 15 is 0 Å². The number of amides is 1. The number of anilines is 1. The van der Waals surface area contributed by atoms with Gasteiger partial charge in [0.2, 0.25) is 0 Å². The average Bonchev–Trinajstić information content (AvgIpc) is 2.79. The van der Waals surface area contributed by atoms with Gasteiger partial charge in [-0.25, -0.2) is 8.42 Å². The summed E-state index contributed by atoms with van der Waals surface area (Å²) in [5.74, 6) is -0.164. The van der Waals surface area contributed by atoms with E-state index < -0.39 is 10.0 Å². The second kappa shape index (κ2) is 10.0. The number of para-hydroxylation sites is 1. The van der Waals surface area contributed by atoms with Gasteiger partial charge in [0, 0.05) is 18.7 Å². The monoisotopic (exact) mass is 450 g/mol. The third-order valence-corrected chi connectivity index (χ3v) is 7.05. The zero-order chi connectivity index (χ0) is 23.2. The molecule has 168 valence electrons. The molecule has 0 fully saturated rings. The van der Waals surface area contributed by atoms with Crippen molar-refractivity contribution < 1.29 is 13.2 Å². The van der Waals surface area contributed by atoms with Crippen molar-refractivity contribution in [2.75, 3.05) is 17.4 Å². The maximum atomic E-state index is 13.2. The van der Waals surface area contributed by atoms with Crippen molar-refractivity contribution in [3.05, 3.63) is 96.1 Å². The van der Waals surface area contributed by atoms with Crippen molar-refractivity contribution in [3.63, 3.8) is 0 Å². The molecule has 32 heavy (non-hydrogen) atoms. The number of nitrogens with zero attached hydrogens (tertiary/aromatic N) is 1. The zero-order valence-corrected chi connectivity index (χ0v) is 19.6. The lowest BCUT2D eigenvalue weighted by atomic mass is 9.87. The molecular formula is C26H30N2O3S. The first-order valence-corrected chi connectivity index (χ1v) is 12.2. The van der Waals surface area contributed by atoms with E-state index in [2.05, 4.69) is 26.1 Å². The van der Waals surface area contributed by atoms with Crippen LogP contribution in [-0.4, -0.2) is 27.4 Å². The predicted molar refractivity (Wildman–Crippen MR) is 130 cm³/mol. The number of nitrogens with one attached hydrogen (secondary N) is 1. The van der Waals surface area contributed by atoms with Crippen LogP contribution in [0.3, 0.4) is 0 Å². The Hall–Kier alpha value is -3.12. The van der Waals surface area contributed by atoms with Crippen LogP contribution in [0.5, 0.6) is 0 Å². The van der Waals surface area contributed by atoms with Crippen molar-refractivity contribution in [1.29, 1.82) is 0 Å². The van der Waals surface area contributed by atoms with E-state index in [1.165, 1.54) is 9.87 Å². The summed E-state index contributed by atoms with van der Waals surface area (Å²) in [7, 11) is -3.71. The number of benzene rings is 3. The molecule has 5 nitrogen and oxygen atoms in total. The molecule has 0 radical (unpaired) electrons. The van der Waals surface area contributed by atoms with Gasteiger partial charge < -0.3 is 5.32 Å². The number of rotatable bonds is 8. The Balaban J connectivity index is 1.65. The van der Waals surface area contributed by atoms with Gasteiger partial charge in [0.25, 0.3) is 15.9 Å². The van der Waals surface area contributed by atoms with Gasteiger partial charge in [0.1, 0.15) is 0 Å². The Morgan fingerprint density at radius 1 is 0.844 bits per heavy atom. The summed E-state index contributed by atoms with van der Waals surface area (Å²) < 4.78 is 27.9. The van der Waals surface area contributed by atoms with Crippen LogP contribution < -0.4 is 9.62 Å². The summed E-state index contributed by atoms with van der Waals surface area (Å²) in [6.07, 6.45) is 0.479. The highest BCUT2D eigenvalue weighted by Gasteiger charge is 2.24. The van der Waals surface area contributed by atoms with Crippen molar-refractivity contribution in [2.45, 2.75) is 37.5 Å². The fourth-order valence-electron chi connectivity index (χ4n) is 3.35. The van der Waals surface area contributed by atoms with Gasteiger partial charge in [-0.3, -0.25) is 9.10 Å². The molecule has 1 amide bonds. The molecular weight excluding hydrogens is 420 g/mol. The van der Waals surface area contributed by atoms with Crippen molar-refractivity contribution in [1.82, 2.24) is 5.32 Å². The first-order chi connectivity index (χ1) is 15.2. The Bertz CT molecular complexity index is 1120. The SMILES string of the molecule is CC(C)(C)c1ccc(C(=O)NCCCN(c2ccccc2)S(=O)(=O)c2ccccc2)cc1. The minimum Gasteiger partial charge on any atom is -0.352 e. The molecule has 0 aliphatic rings. The van der Waals surface area contributed by atoms with Gasteiger partial charge >= 0.3 is 0 Å². The lowest BCUT2D eigenvalue weighted by molar-refractivity contribution is 0.0953. The van der Waals surface area contributed by atoms with Crippen LogP contribution in [0.25, 0.3) is 0 Å². The summed E-state index contributed by atoms with van der Waals surface area (Å²) in [6, 6.07) is 25.0. The van der Waals surface area contributed by atoms with Crippen LogP contribution >= 0.6 is 0 Å². The molecule has 0 atom stereocenters. The average molecular weight is 451 g/mol. The van der Waals surface area contributed by atoms with Crippen LogP contribution in [0.4, 0.5) is 5.69 Å². The van der Waals surface area contributed by atoms with Crippen molar-refractivity contribution >= 4 is 21.6 Å². The maximum Gasteiger partial charge on any atom is 0.264 e. The molecule has 0 spiro atoms. The predicted octanol–water partition coefficient (Wildman–Crippen LogP) is 5.00. The maximum absolute atomic E-state index is 13.2. The summed E-state index contributed by atoms with van der Waals surface area (Å²) in [5, 5.41) is 2.89. The van der Waals surface area contributed by atoms with E-state index in [1.807, 2.05) is 42.5 Å². The summed E-state index contributed by atoms with van der Waals surface area (Å²) in [5.41, 5.74) is 2.38. The third kappa shape index (κ3) is 5.77. The van der Waals surface area contributed by atoms with Crippen LogP contribution in [0.15, 0.2) is 89.8 Å². The normalized spacial score (nSPS) is 11.7. The quantitative estimate of drug-likeness (QED) is 0.491. The van der Waals surface area contributed by atoms with Crippen LogP contribution in [0.2, 0.25) is 0 Å². The Labute approximate surface area is 191 Å². The Morgan fingerprint density at radius 2 is 1.41 bits per heavy atom. The topological polar surface area (TPSA) is 66.5 Å². The molecule has 0 saturated carbocycles. The van der Waals surface area contributed by atoms with E-state index in [4.69, 9.17) is 0 Å². The minimum absolute atomic E-state index is 0.0279. The molecule has 0 saturated heterocycles. The highest BCUT2D eigenvalue weighted by Crippen LogP contribution is 2.24. The number of hydrogen-bond acceptors (Lipinski definition) is 3. The Kier molecular flexibility index (Phi) is 7.36. The number of carbonyl (C=O) groups excluding carboxylic acids is 1. The summed E-state index contributed by atoms with van der Waals surface area (Å²) in [6.45, 7) is 7.01. The number of hydrogen-bond donors (Lipinski definition) is 1. The van der Waals surface area contributed by atoms with E-state index in [9.17, 15) is 13.2 Å². The third-order valence-electron chi connectivity index (χ3n) is 5.21. The largest absolute Gasteiger partial charge is 0.352 e. The second-order valence-corrected chi connectivity index (χ2v) is 10.5. The summed E-state index contributed by atoms with van der Waals surface area (Å²) in [4.78, 5) is 12.7. The van der Waals surface area contributed by atoms with Gasteiger partial charge in [-0.15, -0.1) is 0 Å². The molecule has 0 heterocycles. The van der Waals surface area contributed by atoms with E-state index in [0.717, 1.165) is 0 Å². The highest BCUT2D eigenvalue weighted by atomic mass is 32.2. The first-order valence-electron chi connectivity index (χ1n) is 10.7. The molecule has 0 aromatic heterocycles. The van der Waals surface area contributed by atoms with Gasteiger partial charge in [-0.2, -0.15) is 0 Å². The standard InChI is InChI=1S/C26H30N2O3S/c1-26(2,3)22-17-15-21(16-18-22)25(29)27-19-10-20-28(23-11-6-4-7-12-23)32(30,31)24-13-8-5-9-14-24/h4-9,11-18H,10,19-20H2,1-3H3,(H,27,29). The molecule has 6 heteroatoms. The van der Waals surface area contributed by atoms with Gasteiger partial charge in [0.05, 0.1) is 10.6 Å². The highest BCUT2D eigenvalue weighted by molar-refractivity contribution is 7.92. The van der Waals surface area contributed by atoms with Crippen LogP contribution in [0, 0.1) is 0 Å². The molecule has 3 aromatic carbocycles. The van der Waals surface area contributed by atoms with Gasteiger partial charge in [-0.05, 0) is 53.8 Å². The zero-order valence-electron chi connectivity index (χ0n) is 18.8. The van der Waals surface area contributed by atoms with E-state index in [-0.39, 0.29) is 22.8 Å². The smallest absolute Gasteiger partial charge is 0.264 e. The lowest BCUT2D eigenvalue weighted by Crippen LogP contribution is -2.34. The summed E-state index contributed by atoms with van der Waals surface area (Å²) >= 11 is 0. The molecule has 3 rings (SSSR count). The number of sulfonamides is 1. The molecule has 0 bridgehead atoms. The molecule has 0 aliphatic carbocycles. The minimum atomic E-state index is -3.71. The number of carbonyl (C=O) groups is 1. The first kappa shape index (κ1) is 23.5. The van der Waals surface area contributed by atoms with Crippen LogP contribution in [-0.2, 0) is 15.4 Å². The fraction of sp³-hybridized carbons (Fsp3) is 0.269. The van der Waals surface area contributed by atoms with Gasteiger partial charge in [0.15, 0.2) is 0 Å². The lowest BCUT2D eigenvalue weighted by Gasteiger charge is -2.24. The van der Waals surface area contributed by atoms with Gasteiger partial charge in [-0.1, -0.05) is 69.3 Å². The van der Waals surface area contributed by atoms with Crippen LogP contribution in [0.1, 0.15) is 43.1 Å². The molecule has 0 aliphatic heterocycles. The van der Waals surface area contributed by atoms with E-state index in [0.29, 0.717) is 24.2 Å². The molecule has 1 N–H and O–H groups in total. The molecule has 0 unspecified atom stereocenters. The fourth-order valence-corrected chi connectivity index (χ4v) is 4.87. The van der Waals surface area contributed by atoms with E-state index in [1.54, 1.807) is 42.5 Å². The Morgan fingerprint density at radius 3 is 1.97 bits per heavy atom. The van der Waals surface area contributed by atoms with Crippen molar-refractivity contribution in [3.8, 4) is 0 Å². The second-order valence-electron chi connectivity index (χ2n) is 8.66. The van der Waals surface area contributed by atoms with Crippen molar-refractivity contribution in [2.24, 2.45) is 0 Å². The molecule has 3 aromatic rings.